The highest BCUT2D eigenvalue weighted by molar-refractivity contribution is 7.80. The molecule has 2 nitrogen and oxygen atoms in total. The van der Waals surface area contributed by atoms with Gasteiger partial charge in [0.15, 0.2) is 5.11 Å². The molecule has 2 aromatic rings. The van der Waals surface area contributed by atoms with Crippen LogP contribution in [-0.2, 0) is 6.42 Å². The van der Waals surface area contributed by atoms with E-state index in [1.165, 1.54) is 17.7 Å². The molecular weight excluding hydrogens is 283 g/mol. The monoisotopic (exact) mass is 302 g/mol. The molecule has 0 saturated carbocycles. The van der Waals surface area contributed by atoms with E-state index >= 15 is 0 Å². The molecule has 0 aliphatic rings. The highest BCUT2D eigenvalue weighted by Gasteiger charge is 2.15. The Kier molecular flexibility index (Phi) is 5.28. The smallest absolute Gasteiger partial charge is 0.166 e. The lowest BCUT2D eigenvalue weighted by atomic mass is 9.97. The van der Waals surface area contributed by atoms with E-state index in [2.05, 4.69) is 41.8 Å². The average molecular weight is 302 g/mol. The van der Waals surface area contributed by atoms with Crippen molar-refractivity contribution in [3.63, 3.8) is 0 Å². The molecule has 2 aromatic carbocycles. The quantitative estimate of drug-likeness (QED) is 0.844. The van der Waals surface area contributed by atoms with Crippen molar-refractivity contribution in [3.05, 3.63) is 71.0 Å². The molecule has 1 atom stereocenters. The molecule has 0 amide bonds. The van der Waals surface area contributed by atoms with E-state index in [1.54, 1.807) is 13.1 Å². The summed E-state index contributed by atoms with van der Waals surface area (Å²) in [5.74, 6) is -0.250. The summed E-state index contributed by atoms with van der Waals surface area (Å²) in [6, 6.07) is 14.7. The van der Waals surface area contributed by atoms with E-state index < -0.39 is 0 Å². The van der Waals surface area contributed by atoms with Gasteiger partial charge in [-0.3, -0.25) is 0 Å². The molecule has 110 valence electrons. The SMILES string of the molecule is CCc1ccc([C@@H](NC(=S)NC)c2cccc(F)c2)cc1. The van der Waals surface area contributed by atoms with Gasteiger partial charge in [-0.25, -0.2) is 4.39 Å². The molecule has 0 aliphatic carbocycles. The zero-order chi connectivity index (χ0) is 15.2. The molecule has 0 saturated heterocycles. The first-order valence-electron chi connectivity index (χ1n) is 6.96. The lowest BCUT2D eigenvalue weighted by molar-refractivity contribution is 0.621. The molecule has 2 rings (SSSR count). The summed E-state index contributed by atoms with van der Waals surface area (Å²) in [4.78, 5) is 0. The maximum atomic E-state index is 13.5. The molecule has 4 heteroatoms. The zero-order valence-electron chi connectivity index (χ0n) is 12.2. The van der Waals surface area contributed by atoms with Gasteiger partial charge in [0.2, 0.25) is 0 Å². The van der Waals surface area contributed by atoms with Crippen LogP contribution in [0.15, 0.2) is 48.5 Å². The molecule has 0 spiro atoms. The Balaban J connectivity index is 2.37. The van der Waals surface area contributed by atoms with Crippen molar-refractivity contribution in [2.45, 2.75) is 19.4 Å². The molecular formula is C17H19FN2S. The Morgan fingerprint density at radius 1 is 1.14 bits per heavy atom. The average Bonchev–Trinajstić information content (AvgIpc) is 2.52. The van der Waals surface area contributed by atoms with Gasteiger partial charge in [-0.1, -0.05) is 43.3 Å². The molecule has 0 radical (unpaired) electrons. The van der Waals surface area contributed by atoms with Crippen LogP contribution in [0, 0.1) is 5.82 Å². The summed E-state index contributed by atoms with van der Waals surface area (Å²) < 4.78 is 13.5. The van der Waals surface area contributed by atoms with Crippen molar-refractivity contribution in [2.24, 2.45) is 0 Å². The first kappa shape index (κ1) is 15.4. The Morgan fingerprint density at radius 3 is 2.43 bits per heavy atom. The minimum atomic E-state index is -0.250. The summed E-state index contributed by atoms with van der Waals surface area (Å²) in [7, 11) is 1.76. The molecule has 2 N–H and O–H groups in total. The minimum Gasteiger partial charge on any atom is -0.366 e. The second-order valence-corrected chi connectivity index (χ2v) is 5.21. The Labute approximate surface area is 130 Å². The number of benzene rings is 2. The van der Waals surface area contributed by atoms with Crippen molar-refractivity contribution in [1.29, 1.82) is 0 Å². The van der Waals surface area contributed by atoms with E-state index in [-0.39, 0.29) is 11.9 Å². The van der Waals surface area contributed by atoms with Gasteiger partial charge in [0, 0.05) is 7.05 Å². The van der Waals surface area contributed by atoms with Crippen LogP contribution in [0.25, 0.3) is 0 Å². The first-order chi connectivity index (χ1) is 10.1. The van der Waals surface area contributed by atoms with Crippen LogP contribution in [0.4, 0.5) is 4.39 Å². The van der Waals surface area contributed by atoms with Gasteiger partial charge in [0.1, 0.15) is 5.82 Å². The third-order valence-corrected chi connectivity index (χ3v) is 3.73. The predicted molar refractivity (Wildman–Crippen MR) is 88.9 cm³/mol. The summed E-state index contributed by atoms with van der Waals surface area (Å²) in [6.45, 7) is 2.12. The number of aryl methyl sites for hydroxylation is 1. The van der Waals surface area contributed by atoms with Gasteiger partial charge >= 0.3 is 0 Å². The van der Waals surface area contributed by atoms with Crippen molar-refractivity contribution < 1.29 is 4.39 Å². The highest BCUT2D eigenvalue weighted by Crippen LogP contribution is 2.23. The van der Waals surface area contributed by atoms with Gasteiger partial charge in [0.25, 0.3) is 0 Å². The Bertz CT molecular complexity index is 610. The van der Waals surface area contributed by atoms with Crippen LogP contribution in [0.1, 0.15) is 29.7 Å². The molecule has 0 unspecified atom stereocenters. The normalized spacial score (nSPS) is 11.8. The highest BCUT2D eigenvalue weighted by atomic mass is 32.1. The van der Waals surface area contributed by atoms with Crippen molar-refractivity contribution >= 4 is 17.3 Å². The molecule has 0 heterocycles. The van der Waals surface area contributed by atoms with Gasteiger partial charge in [-0.2, -0.15) is 0 Å². The zero-order valence-corrected chi connectivity index (χ0v) is 13.0. The molecule has 0 aromatic heterocycles. The number of hydrogen-bond donors (Lipinski definition) is 2. The number of halogens is 1. The first-order valence-corrected chi connectivity index (χ1v) is 7.37. The molecule has 0 fully saturated rings. The Morgan fingerprint density at radius 2 is 1.86 bits per heavy atom. The summed E-state index contributed by atoms with van der Waals surface area (Å²) in [6.07, 6.45) is 0.993. The van der Waals surface area contributed by atoms with Crippen LogP contribution < -0.4 is 10.6 Å². The molecule has 21 heavy (non-hydrogen) atoms. The fourth-order valence-electron chi connectivity index (χ4n) is 2.19. The van der Waals surface area contributed by atoms with E-state index in [4.69, 9.17) is 12.2 Å². The fourth-order valence-corrected chi connectivity index (χ4v) is 2.31. The second-order valence-electron chi connectivity index (χ2n) is 4.81. The molecule has 0 bridgehead atoms. The summed E-state index contributed by atoms with van der Waals surface area (Å²) in [5.41, 5.74) is 3.17. The van der Waals surface area contributed by atoms with Gasteiger partial charge in [-0.05, 0) is 47.5 Å². The predicted octanol–water partition coefficient (Wildman–Crippen LogP) is 3.57. The van der Waals surface area contributed by atoms with E-state index in [9.17, 15) is 4.39 Å². The maximum Gasteiger partial charge on any atom is 0.166 e. The van der Waals surface area contributed by atoms with Gasteiger partial charge in [0.05, 0.1) is 6.04 Å². The van der Waals surface area contributed by atoms with Crippen LogP contribution in [-0.4, -0.2) is 12.2 Å². The number of thiocarbonyl (C=S) groups is 1. The Hall–Kier alpha value is -1.94. The van der Waals surface area contributed by atoms with Gasteiger partial charge in [-0.15, -0.1) is 0 Å². The van der Waals surface area contributed by atoms with Crippen LogP contribution in [0.3, 0.4) is 0 Å². The standard InChI is InChI=1S/C17H19FN2S/c1-3-12-7-9-13(10-8-12)16(20-17(21)19-2)14-5-4-6-15(18)11-14/h4-11,16H,3H2,1-2H3,(H2,19,20,21)/t16-/m1/s1. The van der Waals surface area contributed by atoms with Crippen LogP contribution >= 0.6 is 12.2 Å². The van der Waals surface area contributed by atoms with Crippen LogP contribution in [0.5, 0.6) is 0 Å². The maximum absolute atomic E-state index is 13.5. The largest absolute Gasteiger partial charge is 0.366 e. The third-order valence-electron chi connectivity index (χ3n) is 3.41. The number of hydrogen-bond acceptors (Lipinski definition) is 1. The second kappa shape index (κ2) is 7.18. The number of rotatable bonds is 4. The molecule has 0 aliphatic heterocycles. The minimum absolute atomic E-state index is 0.174. The van der Waals surface area contributed by atoms with Crippen LogP contribution in [0.2, 0.25) is 0 Å². The lowest BCUT2D eigenvalue weighted by Crippen LogP contribution is -2.36. The van der Waals surface area contributed by atoms with E-state index in [1.807, 2.05) is 6.07 Å². The summed E-state index contributed by atoms with van der Waals surface area (Å²) in [5, 5.41) is 6.65. The summed E-state index contributed by atoms with van der Waals surface area (Å²) >= 11 is 5.20. The van der Waals surface area contributed by atoms with E-state index in [0.717, 1.165) is 17.5 Å². The lowest BCUT2D eigenvalue weighted by Gasteiger charge is -2.21. The van der Waals surface area contributed by atoms with Crippen molar-refractivity contribution in [2.75, 3.05) is 7.05 Å². The van der Waals surface area contributed by atoms with E-state index in [0.29, 0.717) is 5.11 Å². The fraction of sp³-hybridized carbons (Fsp3) is 0.235. The topological polar surface area (TPSA) is 24.1 Å². The van der Waals surface area contributed by atoms with Gasteiger partial charge < -0.3 is 10.6 Å². The third kappa shape index (κ3) is 4.02. The number of nitrogens with one attached hydrogen (secondary N) is 2. The van der Waals surface area contributed by atoms with Crippen molar-refractivity contribution in [3.8, 4) is 0 Å². The van der Waals surface area contributed by atoms with Crippen molar-refractivity contribution in [1.82, 2.24) is 10.6 Å².